The minimum absolute atomic E-state index is 0.139. The highest BCUT2D eigenvalue weighted by Gasteiger charge is 2.54. The summed E-state index contributed by atoms with van der Waals surface area (Å²) in [6, 6.07) is 8.69. The summed E-state index contributed by atoms with van der Waals surface area (Å²) in [5, 5.41) is 0. The molecule has 0 radical (unpaired) electrons. The lowest BCUT2D eigenvalue weighted by Crippen LogP contribution is -2.66. The lowest BCUT2D eigenvalue weighted by Gasteiger charge is -2.57. The van der Waals surface area contributed by atoms with Crippen molar-refractivity contribution in [1.82, 2.24) is 4.90 Å². The molecular weight excluding hydrogens is 250 g/mol. The molecule has 3 aliphatic heterocycles. The largest absolute Gasteiger partial charge is 0.333 e. The molecule has 3 fully saturated rings. The Kier molecular flexibility index (Phi) is 3.61. The molecule has 4 rings (SSSR count). The summed E-state index contributed by atoms with van der Waals surface area (Å²) in [4.78, 5) is 2.36. The zero-order valence-electron chi connectivity index (χ0n) is 12.8. The average Bonchev–Trinajstić information content (AvgIpc) is 2.48. The van der Waals surface area contributed by atoms with Gasteiger partial charge in [0, 0.05) is 24.1 Å². The van der Waals surface area contributed by atoms with Gasteiger partial charge in [0.2, 0.25) is 0 Å². The van der Waals surface area contributed by atoms with E-state index in [4.69, 9.17) is 9.47 Å². The van der Waals surface area contributed by atoms with Crippen LogP contribution < -0.4 is 0 Å². The number of ether oxygens (including phenoxy) is 2. The van der Waals surface area contributed by atoms with E-state index in [9.17, 15) is 0 Å². The van der Waals surface area contributed by atoms with E-state index in [0.29, 0.717) is 0 Å². The average molecular weight is 275 g/mol. The Bertz CT molecular complexity index is 460. The topological polar surface area (TPSA) is 21.7 Å². The van der Waals surface area contributed by atoms with Crippen molar-refractivity contribution in [2.45, 2.75) is 39.5 Å². The lowest BCUT2D eigenvalue weighted by molar-refractivity contribution is -0.417. The van der Waals surface area contributed by atoms with E-state index in [0.717, 1.165) is 44.7 Å². The minimum Gasteiger partial charge on any atom is -0.333 e. The molecule has 3 heterocycles. The second-order valence-electron chi connectivity index (χ2n) is 6.44. The number of aryl methyl sites for hydroxylation is 1. The molecule has 0 saturated carbocycles. The monoisotopic (exact) mass is 275 g/mol. The van der Waals surface area contributed by atoms with Crippen LogP contribution in [0, 0.1) is 5.41 Å². The van der Waals surface area contributed by atoms with Crippen molar-refractivity contribution in [3.63, 3.8) is 0 Å². The molecule has 0 aromatic heterocycles. The van der Waals surface area contributed by atoms with Crippen LogP contribution in [-0.2, 0) is 21.8 Å². The SMILES string of the molecule is CCCN1CC2(C)COC1(c1ccc(CC)cc1)OC2. The van der Waals surface area contributed by atoms with Gasteiger partial charge in [0.05, 0.1) is 13.2 Å². The molecule has 110 valence electrons. The summed E-state index contributed by atoms with van der Waals surface area (Å²) < 4.78 is 12.4. The minimum atomic E-state index is -0.653. The van der Waals surface area contributed by atoms with Gasteiger partial charge in [-0.1, -0.05) is 45.0 Å². The summed E-state index contributed by atoms with van der Waals surface area (Å²) in [7, 11) is 0. The van der Waals surface area contributed by atoms with Crippen LogP contribution in [0.15, 0.2) is 24.3 Å². The fourth-order valence-electron chi connectivity index (χ4n) is 3.26. The molecule has 0 amide bonds. The van der Waals surface area contributed by atoms with E-state index in [1.54, 1.807) is 0 Å². The quantitative estimate of drug-likeness (QED) is 0.842. The van der Waals surface area contributed by atoms with E-state index >= 15 is 0 Å². The first kappa shape index (κ1) is 14.1. The van der Waals surface area contributed by atoms with E-state index < -0.39 is 5.91 Å². The Morgan fingerprint density at radius 1 is 1.10 bits per heavy atom. The molecule has 2 bridgehead atoms. The van der Waals surface area contributed by atoms with Gasteiger partial charge < -0.3 is 9.47 Å². The van der Waals surface area contributed by atoms with Gasteiger partial charge in [-0.05, 0) is 18.4 Å². The zero-order chi connectivity index (χ0) is 14.2. The lowest BCUT2D eigenvalue weighted by atomic mass is 9.86. The van der Waals surface area contributed by atoms with Crippen molar-refractivity contribution in [3.05, 3.63) is 35.4 Å². The van der Waals surface area contributed by atoms with Crippen LogP contribution >= 0.6 is 0 Å². The van der Waals surface area contributed by atoms with Crippen LogP contribution in [0.5, 0.6) is 0 Å². The van der Waals surface area contributed by atoms with Crippen molar-refractivity contribution in [2.24, 2.45) is 5.41 Å². The number of fused-ring (bicyclic) bond motifs is 3. The summed E-state index contributed by atoms with van der Waals surface area (Å²) in [5.41, 5.74) is 2.62. The maximum Gasteiger partial charge on any atom is 0.258 e. The van der Waals surface area contributed by atoms with Crippen molar-refractivity contribution >= 4 is 0 Å². The van der Waals surface area contributed by atoms with Crippen LogP contribution in [0.25, 0.3) is 0 Å². The summed E-state index contributed by atoms with van der Waals surface area (Å²) in [6.07, 6.45) is 2.17. The first-order chi connectivity index (χ1) is 9.62. The fraction of sp³-hybridized carbons (Fsp3) is 0.647. The Labute approximate surface area is 121 Å². The Hall–Kier alpha value is -0.900. The van der Waals surface area contributed by atoms with Gasteiger partial charge in [0.25, 0.3) is 5.91 Å². The van der Waals surface area contributed by atoms with Crippen LogP contribution in [-0.4, -0.2) is 31.2 Å². The molecule has 1 aromatic carbocycles. The number of rotatable bonds is 4. The molecule has 0 aliphatic carbocycles. The summed E-state index contributed by atoms with van der Waals surface area (Å²) >= 11 is 0. The van der Waals surface area contributed by atoms with Gasteiger partial charge >= 0.3 is 0 Å². The number of hydrogen-bond donors (Lipinski definition) is 0. The molecule has 0 spiro atoms. The predicted octanol–water partition coefficient (Wildman–Crippen LogP) is 3.14. The van der Waals surface area contributed by atoms with E-state index in [1.807, 2.05) is 0 Å². The molecule has 3 nitrogen and oxygen atoms in total. The maximum atomic E-state index is 6.20. The number of hydrogen-bond acceptors (Lipinski definition) is 3. The normalized spacial score (nSPS) is 33.5. The van der Waals surface area contributed by atoms with Gasteiger partial charge in [0.15, 0.2) is 0 Å². The molecule has 20 heavy (non-hydrogen) atoms. The smallest absolute Gasteiger partial charge is 0.258 e. The van der Waals surface area contributed by atoms with Crippen LogP contribution in [0.1, 0.15) is 38.3 Å². The number of nitrogens with zero attached hydrogens (tertiary/aromatic N) is 1. The molecule has 0 unspecified atom stereocenters. The van der Waals surface area contributed by atoms with Gasteiger partial charge in [-0.15, -0.1) is 0 Å². The van der Waals surface area contributed by atoms with E-state index in [2.05, 4.69) is 49.9 Å². The second kappa shape index (κ2) is 5.14. The maximum absolute atomic E-state index is 6.20. The van der Waals surface area contributed by atoms with Crippen molar-refractivity contribution < 1.29 is 9.47 Å². The highest BCUT2D eigenvalue weighted by molar-refractivity contribution is 5.27. The Balaban J connectivity index is 1.94. The fourth-order valence-corrected chi connectivity index (χ4v) is 3.26. The Morgan fingerprint density at radius 2 is 1.75 bits per heavy atom. The standard InChI is InChI=1S/C17H25NO2/c1-4-10-18-11-16(3)12-19-17(18,20-13-16)15-8-6-14(5-2)7-9-15/h6-9H,4-5,10-13H2,1-3H3. The third-order valence-electron chi connectivity index (χ3n) is 4.44. The van der Waals surface area contributed by atoms with Crippen molar-refractivity contribution in [3.8, 4) is 0 Å². The molecule has 3 saturated heterocycles. The zero-order valence-corrected chi connectivity index (χ0v) is 12.8. The summed E-state index contributed by atoms with van der Waals surface area (Å²) in [6.45, 7) is 10.3. The Morgan fingerprint density at radius 3 is 2.30 bits per heavy atom. The van der Waals surface area contributed by atoms with Gasteiger partial charge in [0.1, 0.15) is 0 Å². The van der Waals surface area contributed by atoms with E-state index in [1.165, 1.54) is 5.56 Å². The molecule has 0 N–H and O–H groups in total. The third-order valence-corrected chi connectivity index (χ3v) is 4.44. The van der Waals surface area contributed by atoms with Crippen LogP contribution in [0.4, 0.5) is 0 Å². The highest BCUT2D eigenvalue weighted by Crippen LogP contribution is 2.46. The molecule has 3 aliphatic rings. The van der Waals surface area contributed by atoms with Gasteiger partial charge in [-0.25, -0.2) is 4.90 Å². The molecule has 3 heteroatoms. The second-order valence-corrected chi connectivity index (χ2v) is 6.44. The van der Waals surface area contributed by atoms with Gasteiger partial charge in [-0.3, -0.25) is 0 Å². The summed E-state index contributed by atoms with van der Waals surface area (Å²) in [5.74, 6) is -0.653. The van der Waals surface area contributed by atoms with Crippen molar-refractivity contribution in [2.75, 3.05) is 26.3 Å². The first-order valence-electron chi connectivity index (χ1n) is 7.74. The first-order valence-corrected chi connectivity index (χ1v) is 7.74. The van der Waals surface area contributed by atoms with Crippen LogP contribution in [0.2, 0.25) is 0 Å². The van der Waals surface area contributed by atoms with Gasteiger partial charge in [-0.2, -0.15) is 0 Å². The van der Waals surface area contributed by atoms with Crippen molar-refractivity contribution in [1.29, 1.82) is 0 Å². The highest BCUT2D eigenvalue weighted by atomic mass is 16.7. The molecule has 1 aromatic rings. The predicted molar refractivity (Wildman–Crippen MR) is 79.4 cm³/mol. The molecular formula is C17H25NO2. The third kappa shape index (κ3) is 2.18. The van der Waals surface area contributed by atoms with E-state index in [-0.39, 0.29) is 5.41 Å². The van der Waals surface area contributed by atoms with Crippen LogP contribution in [0.3, 0.4) is 0 Å². The number of benzene rings is 1. The molecule has 0 atom stereocenters.